The van der Waals surface area contributed by atoms with E-state index in [4.69, 9.17) is 11.1 Å². The summed E-state index contributed by atoms with van der Waals surface area (Å²) in [6.07, 6.45) is 6.25. The van der Waals surface area contributed by atoms with Gasteiger partial charge in [0.05, 0.1) is 5.56 Å². The average molecular weight is 188 g/mol. The molecule has 6 nitrogen and oxygen atoms in total. The largest absolute Gasteiger partial charge is 0.384 e. The van der Waals surface area contributed by atoms with E-state index in [1.807, 2.05) is 0 Å². The van der Waals surface area contributed by atoms with Crippen molar-refractivity contribution in [3.63, 3.8) is 0 Å². The average Bonchev–Trinajstić information content (AvgIpc) is 2.70. The summed E-state index contributed by atoms with van der Waals surface area (Å²) in [6.45, 7) is 0. The smallest absolute Gasteiger partial charge is 0.167 e. The van der Waals surface area contributed by atoms with Crippen LogP contribution in [0.4, 0.5) is 0 Å². The molecule has 0 aliphatic carbocycles. The predicted octanol–water partition coefficient (Wildman–Crippen LogP) is -0.0536. The Morgan fingerprint density at radius 3 is 3.00 bits per heavy atom. The van der Waals surface area contributed by atoms with Crippen molar-refractivity contribution in [1.82, 2.24) is 19.7 Å². The van der Waals surface area contributed by atoms with Gasteiger partial charge in [-0.25, -0.2) is 14.6 Å². The number of nitrogens with zero attached hydrogens (tertiary/aromatic N) is 4. The van der Waals surface area contributed by atoms with Gasteiger partial charge in [0.15, 0.2) is 5.82 Å². The molecule has 0 aliphatic heterocycles. The fraction of sp³-hybridized carbons (Fsp3) is 0. The quantitative estimate of drug-likeness (QED) is 0.510. The Kier molecular flexibility index (Phi) is 1.94. The molecule has 2 aromatic rings. The fourth-order valence-electron chi connectivity index (χ4n) is 1.09. The van der Waals surface area contributed by atoms with E-state index in [0.29, 0.717) is 11.4 Å². The second-order valence-corrected chi connectivity index (χ2v) is 2.62. The number of hydrogen-bond acceptors (Lipinski definition) is 4. The SMILES string of the molecule is N=C(N)c1cncnc1-n1cccn1. The van der Waals surface area contributed by atoms with Crippen LogP contribution in [0.15, 0.2) is 31.0 Å². The van der Waals surface area contributed by atoms with Crippen molar-refractivity contribution in [2.45, 2.75) is 0 Å². The van der Waals surface area contributed by atoms with Crippen LogP contribution in [0, 0.1) is 5.41 Å². The second-order valence-electron chi connectivity index (χ2n) is 2.62. The van der Waals surface area contributed by atoms with Crippen LogP contribution < -0.4 is 5.73 Å². The van der Waals surface area contributed by atoms with E-state index < -0.39 is 0 Å². The molecule has 0 amide bonds. The van der Waals surface area contributed by atoms with E-state index in [0.717, 1.165) is 0 Å². The third-order valence-electron chi connectivity index (χ3n) is 1.70. The molecule has 0 spiro atoms. The van der Waals surface area contributed by atoms with Gasteiger partial charge in [-0.3, -0.25) is 5.41 Å². The van der Waals surface area contributed by atoms with Crippen molar-refractivity contribution in [3.05, 3.63) is 36.5 Å². The molecule has 6 heteroatoms. The van der Waals surface area contributed by atoms with E-state index >= 15 is 0 Å². The Hall–Kier alpha value is -2.24. The number of amidine groups is 1. The maximum atomic E-state index is 7.34. The highest BCUT2D eigenvalue weighted by Gasteiger charge is 2.08. The maximum absolute atomic E-state index is 7.34. The Morgan fingerprint density at radius 2 is 2.36 bits per heavy atom. The van der Waals surface area contributed by atoms with Crippen LogP contribution in [-0.4, -0.2) is 25.6 Å². The van der Waals surface area contributed by atoms with E-state index in [-0.39, 0.29) is 5.84 Å². The minimum atomic E-state index is -0.0731. The maximum Gasteiger partial charge on any atom is 0.167 e. The van der Waals surface area contributed by atoms with Crippen molar-refractivity contribution < 1.29 is 0 Å². The molecule has 14 heavy (non-hydrogen) atoms. The Labute approximate surface area is 79.9 Å². The minimum Gasteiger partial charge on any atom is -0.384 e. The number of nitrogens with two attached hydrogens (primary N) is 1. The number of aromatic nitrogens is 4. The van der Waals surface area contributed by atoms with Gasteiger partial charge in [-0.1, -0.05) is 0 Å². The summed E-state index contributed by atoms with van der Waals surface area (Å²) in [5, 5.41) is 11.3. The van der Waals surface area contributed by atoms with E-state index in [2.05, 4.69) is 15.1 Å². The molecule has 0 unspecified atom stereocenters. The number of hydrogen-bond donors (Lipinski definition) is 2. The van der Waals surface area contributed by atoms with Crippen molar-refractivity contribution >= 4 is 5.84 Å². The van der Waals surface area contributed by atoms with E-state index in [1.165, 1.54) is 12.5 Å². The van der Waals surface area contributed by atoms with Gasteiger partial charge in [0.1, 0.15) is 12.2 Å². The van der Waals surface area contributed by atoms with Crippen LogP contribution in [-0.2, 0) is 0 Å². The predicted molar refractivity (Wildman–Crippen MR) is 50.2 cm³/mol. The van der Waals surface area contributed by atoms with Gasteiger partial charge in [0, 0.05) is 18.6 Å². The van der Waals surface area contributed by atoms with Crippen LogP contribution in [0.1, 0.15) is 5.56 Å². The van der Waals surface area contributed by atoms with Gasteiger partial charge in [-0.05, 0) is 6.07 Å². The zero-order chi connectivity index (χ0) is 9.97. The third-order valence-corrected chi connectivity index (χ3v) is 1.70. The first-order chi connectivity index (χ1) is 6.79. The first-order valence-electron chi connectivity index (χ1n) is 3.93. The summed E-state index contributed by atoms with van der Waals surface area (Å²) in [6, 6.07) is 1.77. The first kappa shape index (κ1) is 8.36. The highest BCUT2D eigenvalue weighted by atomic mass is 15.3. The molecule has 3 N–H and O–H groups in total. The van der Waals surface area contributed by atoms with E-state index in [9.17, 15) is 0 Å². The molecular weight excluding hydrogens is 180 g/mol. The lowest BCUT2D eigenvalue weighted by Crippen LogP contribution is -2.16. The second kappa shape index (κ2) is 3.25. The van der Waals surface area contributed by atoms with Gasteiger partial charge in [0.2, 0.25) is 0 Å². The number of rotatable bonds is 2. The summed E-state index contributed by atoms with van der Waals surface area (Å²) in [7, 11) is 0. The fourth-order valence-corrected chi connectivity index (χ4v) is 1.09. The zero-order valence-corrected chi connectivity index (χ0v) is 7.25. The molecule has 70 valence electrons. The zero-order valence-electron chi connectivity index (χ0n) is 7.25. The van der Waals surface area contributed by atoms with Crippen LogP contribution in [0.2, 0.25) is 0 Å². The Balaban J connectivity index is 2.58. The Morgan fingerprint density at radius 1 is 1.50 bits per heavy atom. The molecule has 0 saturated carbocycles. The molecule has 0 bridgehead atoms. The van der Waals surface area contributed by atoms with Gasteiger partial charge < -0.3 is 5.73 Å². The van der Waals surface area contributed by atoms with Crippen LogP contribution in [0.25, 0.3) is 5.82 Å². The highest BCUT2D eigenvalue weighted by molar-refractivity contribution is 5.97. The molecule has 0 atom stereocenters. The van der Waals surface area contributed by atoms with Crippen molar-refractivity contribution in [2.24, 2.45) is 5.73 Å². The van der Waals surface area contributed by atoms with Crippen molar-refractivity contribution in [1.29, 1.82) is 5.41 Å². The lowest BCUT2D eigenvalue weighted by molar-refractivity contribution is 0.836. The molecule has 0 aromatic carbocycles. The molecular formula is C8H8N6. The molecule has 0 saturated heterocycles. The minimum absolute atomic E-state index is 0.0731. The molecule has 0 aliphatic rings. The van der Waals surface area contributed by atoms with Gasteiger partial charge >= 0.3 is 0 Å². The van der Waals surface area contributed by atoms with Gasteiger partial charge in [-0.15, -0.1) is 0 Å². The molecule has 2 aromatic heterocycles. The summed E-state index contributed by atoms with van der Waals surface area (Å²) in [5.41, 5.74) is 5.85. The van der Waals surface area contributed by atoms with Crippen molar-refractivity contribution in [2.75, 3.05) is 0 Å². The highest BCUT2D eigenvalue weighted by Crippen LogP contribution is 2.07. The number of nitrogens with one attached hydrogen (secondary N) is 1. The monoisotopic (exact) mass is 188 g/mol. The summed E-state index contributed by atoms with van der Waals surface area (Å²) in [4.78, 5) is 7.81. The van der Waals surface area contributed by atoms with Gasteiger partial charge in [-0.2, -0.15) is 5.10 Å². The van der Waals surface area contributed by atoms with Crippen LogP contribution in [0.5, 0.6) is 0 Å². The lowest BCUT2D eigenvalue weighted by Gasteiger charge is -2.04. The van der Waals surface area contributed by atoms with Gasteiger partial charge in [0.25, 0.3) is 0 Å². The molecule has 2 rings (SSSR count). The lowest BCUT2D eigenvalue weighted by atomic mass is 10.3. The third kappa shape index (κ3) is 1.33. The summed E-state index contributed by atoms with van der Waals surface area (Å²) < 4.78 is 1.54. The topological polar surface area (TPSA) is 93.5 Å². The Bertz CT molecular complexity index is 447. The first-order valence-corrected chi connectivity index (χ1v) is 3.93. The van der Waals surface area contributed by atoms with E-state index in [1.54, 1.807) is 23.1 Å². The van der Waals surface area contributed by atoms with Crippen molar-refractivity contribution in [3.8, 4) is 5.82 Å². The van der Waals surface area contributed by atoms with Crippen LogP contribution in [0.3, 0.4) is 0 Å². The van der Waals surface area contributed by atoms with Crippen LogP contribution >= 0.6 is 0 Å². The molecule has 2 heterocycles. The molecule has 0 fully saturated rings. The summed E-state index contributed by atoms with van der Waals surface area (Å²) >= 11 is 0. The summed E-state index contributed by atoms with van der Waals surface area (Å²) in [5.74, 6) is 0.439. The standard InChI is InChI=1S/C8H8N6/c9-7(10)6-4-11-5-12-8(6)14-3-1-2-13-14/h1-5H,(H3,9,10). The number of nitrogen functional groups attached to an aromatic ring is 1. The normalized spacial score (nSPS) is 10.0. The molecule has 0 radical (unpaired) electrons.